The third-order valence-electron chi connectivity index (χ3n) is 5.73. The Labute approximate surface area is 211 Å². The van der Waals surface area contributed by atoms with Crippen LogP contribution in [-0.4, -0.2) is 17.5 Å². The Balaban J connectivity index is 1.29. The topological polar surface area (TPSA) is 108 Å². The van der Waals surface area contributed by atoms with Crippen LogP contribution in [0.2, 0.25) is 0 Å². The lowest BCUT2D eigenvalue weighted by atomic mass is 9.93. The molecule has 0 radical (unpaired) electrons. The molecule has 0 saturated heterocycles. The fourth-order valence-corrected chi connectivity index (χ4v) is 4.60. The lowest BCUT2D eigenvalue weighted by molar-refractivity contribution is 0.0957. The second kappa shape index (κ2) is 10.5. The van der Waals surface area contributed by atoms with Gasteiger partial charge in [0, 0.05) is 23.2 Å². The number of aryl methyl sites for hydroxylation is 1. The van der Waals surface area contributed by atoms with Crippen molar-refractivity contribution in [2.45, 2.75) is 26.2 Å². The van der Waals surface area contributed by atoms with Crippen LogP contribution in [0.15, 0.2) is 91.9 Å². The monoisotopic (exact) mass is 497 g/mol. The number of benzene rings is 2. The summed E-state index contributed by atoms with van der Waals surface area (Å²) >= 11 is 1.35. The number of fused-ring (bicyclic) bond motifs is 1. The molecule has 4 aromatic rings. The number of anilines is 1. The van der Waals surface area contributed by atoms with Crippen LogP contribution in [0.3, 0.4) is 0 Å². The van der Waals surface area contributed by atoms with Crippen LogP contribution in [0.5, 0.6) is 0 Å². The van der Waals surface area contributed by atoms with Gasteiger partial charge in [0.1, 0.15) is 5.76 Å². The molecule has 2 heterocycles. The number of nitrogens with zero attached hydrogens (tertiary/aromatic N) is 3. The standard InChI is InChI=1S/C27H23N5O3S/c1-17-24-21(31-32-26(33)23-11-6-16-36-23)9-5-10-22(24)35-25(17)27(34)28-18-12-14-20(15-13-18)30-29-19-7-3-2-4-8-19/h2-4,6-8,11-16H,5,9-10H2,1H3,(H,28,34)(H,32,33). The Morgan fingerprint density at radius 1 is 0.889 bits per heavy atom. The van der Waals surface area contributed by atoms with Crippen molar-refractivity contribution in [3.05, 3.63) is 99.6 Å². The number of thiophene rings is 1. The Hall–Kier alpha value is -4.37. The van der Waals surface area contributed by atoms with E-state index in [0.29, 0.717) is 40.4 Å². The van der Waals surface area contributed by atoms with Gasteiger partial charge in [0.05, 0.1) is 22.0 Å². The van der Waals surface area contributed by atoms with E-state index in [1.807, 2.05) is 48.7 Å². The highest BCUT2D eigenvalue weighted by atomic mass is 32.1. The molecule has 2 N–H and O–H groups in total. The van der Waals surface area contributed by atoms with Crippen molar-refractivity contribution in [2.24, 2.45) is 15.3 Å². The Morgan fingerprint density at radius 2 is 1.64 bits per heavy atom. The van der Waals surface area contributed by atoms with E-state index in [2.05, 4.69) is 26.1 Å². The van der Waals surface area contributed by atoms with Gasteiger partial charge in [-0.15, -0.1) is 11.3 Å². The predicted octanol–water partition coefficient (Wildman–Crippen LogP) is 6.79. The molecule has 0 spiro atoms. The summed E-state index contributed by atoms with van der Waals surface area (Å²) in [7, 11) is 0. The highest BCUT2D eigenvalue weighted by Gasteiger charge is 2.28. The summed E-state index contributed by atoms with van der Waals surface area (Å²) in [4.78, 5) is 25.9. The van der Waals surface area contributed by atoms with Crippen molar-refractivity contribution >= 4 is 45.9 Å². The van der Waals surface area contributed by atoms with Crippen molar-refractivity contribution < 1.29 is 14.0 Å². The van der Waals surface area contributed by atoms with Crippen LogP contribution in [0.4, 0.5) is 17.1 Å². The van der Waals surface area contributed by atoms with Gasteiger partial charge in [-0.25, -0.2) is 5.43 Å². The van der Waals surface area contributed by atoms with Crippen LogP contribution < -0.4 is 10.7 Å². The van der Waals surface area contributed by atoms with Crippen molar-refractivity contribution in [2.75, 3.05) is 5.32 Å². The summed E-state index contributed by atoms with van der Waals surface area (Å²) in [6, 6.07) is 20.1. The molecule has 180 valence electrons. The summed E-state index contributed by atoms with van der Waals surface area (Å²) in [5, 5.41) is 17.5. The first-order valence-corrected chi connectivity index (χ1v) is 12.4. The SMILES string of the molecule is Cc1c(C(=O)Nc2ccc(N=Nc3ccccc3)cc2)oc2c1C(=NNC(=O)c1cccs1)CCC2. The summed E-state index contributed by atoms with van der Waals surface area (Å²) in [6.07, 6.45) is 2.23. The number of furan rings is 1. The highest BCUT2D eigenvalue weighted by molar-refractivity contribution is 7.12. The van der Waals surface area contributed by atoms with Gasteiger partial charge >= 0.3 is 0 Å². The van der Waals surface area contributed by atoms with Gasteiger partial charge < -0.3 is 9.73 Å². The zero-order valence-corrected chi connectivity index (χ0v) is 20.3. The average molecular weight is 498 g/mol. The smallest absolute Gasteiger partial charge is 0.291 e. The summed E-state index contributed by atoms with van der Waals surface area (Å²) in [5.41, 5.74) is 6.91. The first-order valence-electron chi connectivity index (χ1n) is 11.5. The van der Waals surface area contributed by atoms with Crippen molar-refractivity contribution in [3.8, 4) is 0 Å². The second-order valence-corrected chi connectivity index (χ2v) is 9.17. The number of carbonyl (C=O) groups is 2. The summed E-state index contributed by atoms with van der Waals surface area (Å²) < 4.78 is 5.95. The van der Waals surface area contributed by atoms with Crippen LogP contribution >= 0.6 is 11.3 Å². The van der Waals surface area contributed by atoms with Crippen LogP contribution in [0, 0.1) is 6.92 Å². The number of azo groups is 1. The minimum Gasteiger partial charge on any atom is -0.455 e. The fourth-order valence-electron chi connectivity index (χ4n) is 3.99. The number of hydrogen-bond donors (Lipinski definition) is 2. The predicted molar refractivity (Wildman–Crippen MR) is 140 cm³/mol. The average Bonchev–Trinajstić information content (AvgIpc) is 3.56. The van der Waals surface area contributed by atoms with Crippen molar-refractivity contribution in [1.29, 1.82) is 0 Å². The van der Waals surface area contributed by atoms with E-state index in [9.17, 15) is 9.59 Å². The van der Waals surface area contributed by atoms with E-state index in [1.54, 1.807) is 30.3 Å². The van der Waals surface area contributed by atoms with E-state index in [0.717, 1.165) is 23.4 Å². The van der Waals surface area contributed by atoms with Crippen LogP contribution in [-0.2, 0) is 6.42 Å². The quantitative estimate of drug-likeness (QED) is 0.226. The van der Waals surface area contributed by atoms with E-state index in [1.165, 1.54) is 11.3 Å². The molecule has 1 aliphatic rings. The molecular formula is C27H23N5O3S. The summed E-state index contributed by atoms with van der Waals surface area (Å²) in [5.74, 6) is 0.356. The lowest BCUT2D eigenvalue weighted by Crippen LogP contribution is -2.21. The van der Waals surface area contributed by atoms with Gasteiger partial charge in [-0.05, 0) is 67.6 Å². The second-order valence-electron chi connectivity index (χ2n) is 8.22. The number of rotatable bonds is 6. The molecule has 0 unspecified atom stereocenters. The minimum absolute atomic E-state index is 0.243. The normalized spacial score (nSPS) is 14.1. The van der Waals surface area contributed by atoms with Gasteiger partial charge in [-0.2, -0.15) is 15.3 Å². The van der Waals surface area contributed by atoms with Crippen LogP contribution in [0.1, 0.15) is 50.0 Å². The molecule has 0 saturated carbocycles. The lowest BCUT2D eigenvalue weighted by Gasteiger charge is -2.13. The van der Waals surface area contributed by atoms with Gasteiger partial charge in [-0.1, -0.05) is 24.3 Å². The maximum absolute atomic E-state index is 13.0. The molecule has 2 amide bonds. The maximum atomic E-state index is 13.0. The molecule has 36 heavy (non-hydrogen) atoms. The third-order valence-corrected chi connectivity index (χ3v) is 6.60. The van der Waals surface area contributed by atoms with Crippen LogP contribution in [0.25, 0.3) is 0 Å². The molecule has 9 heteroatoms. The Bertz CT molecular complexity index is 1440. The molecule has 0 aliphatic heterocycles. The van der Waals surface area contributed by atoms with Crippen molar-refractivity contribution in [1.82, 2.24) is 5.43 Å². The van der Waals surface area contributed by atoms with E-state index < -0.39 is 0 Å². The number of nitrogens with one attached hydrogen (secondary N) is 2. The molecule has 5 rings (SSSR count). The molecule has 2 aromatic carbocycles. The van der Waals surface area contributed by atoms with Gasteiger partial charge in [0.15, 0.2) is 5.76 Å². The maximum Gasteiger partial charge on any atom is 0.291 e. The Morgan fingerprint density at radius 3 is 2.36 bits per heavy atom. The third kappa shape index (κ3) is 5.16. The molecule has 1 aliphatic carbocycles. The number of hydrogen-bond acceptors (Lipinski definition) is 7. The van der Waals surface area contributed by atoms with Gasteiger partial charge in [0.2, 0.25) is 0 Å². The number of hydrazone groups is 1. The molecule has 2 aromatic heterocycles. The zero-order chi connectivity index (χ0) is 24.9. The first kappa shape index (κ1) is 23.4. The van der Waals surface area contributed by atoms with E-state index >= 15 is 0 Å². The first-order chi connectivity index (χ1) is 17.6. The van der Waals surface area contributed by atoms with E-state index in [-0.39, 0.29) is 17.6 Å². The fraction of sp³-hybridized carbons (Fsp3) is 0.148. The molecular weight excluding hydrogens is 474 g/mol. The molecule has 8 nitrogen and oxygen atoms in total. The number of amides is 2. The highest BCUT2D eigenvalue weighted by Crippen LogP contribution is 2.30. The van der Waals surface area contributed by atoms with Gasteiger partial charge in [-0.3, -0.25) is 9.59 Å². The summed E-state index contributed by atoms with van der Waals surface area (Å²) in [6.45, 7) is 1.84. The molecule has 0 bridgehead atoms. The minimum atomic E-state index is -0.345. The molecule has 0 atom stereocenters. The molecule has 0 fully saturated rings. The largest absolute Gasteiger partial charge is 0.455 e. The van der Waals surface area contributed by atoms with Crippen molar-refractivity contribution in [3.63, 3.8) is 0 Å². The zero-order valence-electron chi connectivity index (χ0n) is 19.5. The number of carbonyl (C=O) groups excluding carboxylic acids is 2. The van der Waals surface area contributed by atoms with E-state index in [4.69, 9.17) is 4.42 Å². The Kier molecular flexibility index (Phi) is 6.81. The van der Waals surface area contributed by atoms with Gasteiger partial charge in [0.25, 0.3) is 11.8 Å².